The van der Waals surface area contributed by atoms with Gasteiger partial charge in [0.2, 0.25) is 5.91 Å². The molecule has 3 aromatic rings. The molecule has 0 radical (unpaired) electrons. The molecule has 0 spiro atoms. The molecule has 1 aliphatic heterocycles. The number of aliphatic hydroxyl groups excluding tert-OH is 1. The van der Waals surface area contributed by atoms with Gasteiger partial charge in [-0.25, -0.2) is 9.79 Å². The number of carbonyl (C=O) groups excluding carboxylic acids is 2. The van der Waals surface area contributed by atoms with Crippen molar-refractivity contribution in [3.8, 4) is 0 Å². The van der Waals surface area contributed by atoms with Crippen LogP contribution < -0.4 is 5.32 Å². The minimum atomic E-state index is -0.968. The van der Waals surface area contributed by atoms with Crippen molar-refractivity contribution in [2.45, 2.75) is 26.6 Å². The summed E-state index contributed by atoms with van der Waals surface area (Å²) in [7, 11) is 0. The Morgan fingerprint density at radius 3 is 2.57 bits per heavy atom. The van der Waals surface area contributed by atoms with Gasteiger partial charge in [-0.1, -0.05) is 60.1 Å². The zero-order valence-electron chi connectivity index (χ0n) is 19.4. The third-order valence-electron chi connectivity index (χ3n) is 5.75. The molecule has 0 saturated heterocycles. The van der Waals surface area contributed by atoms with Crippen LogP contribution in [0.4, 0.5) is 11.4 Å². The van der Waals surface area contributed by atoms with E-state index >= 15 is 0 Å². The van der Waals surface area contributed by atoms with Crippen LogP contribution in [0.3, 0.4) is 0 Å². The first kappa shape index (κ1) is 24.4. The van der Waals surface area contributed by atoms with Crippen molar-refractivity contribution in [3.05, 3.63) is 94.5 Å². The summed E-state index contributed by atoms with van der Waals surface area (Å²) in [5.74, 6) is -1.19. The SMILES string of the molecule is CCOC(=O)c1ccc(Cl)c(NC(=O)C(C)C2=Nc3ccccc3C(O)N2Cc2ccccc2)c1. The smallest absolute Gasteiger partial charge is 0.338 e. The summed E-state index contributed by atoms with van der Waals surface area (Å²) in [4.78, 5) is 31.9. The number of nitrogens with zero attached hydrogens (tertiary/aromatic N) is 2. The Morgan fingerprint density at radius 1 is 1.11 bits per heavy atom. The minimum absolute atomic E-state index is 0.237. The van der Waals surface area contributed by atoms with Crippen LogP contribution in [0.5, 0.6) is 0 Å². The number of nitrogens with one attached hydrogen (secondary N) is 1. The van der Waals surface area contributed by atoms with Crippen LogP contribution in [0.15, 0.2) is 77.8 Å². The average molecular weight is 492 g/mol. The number of esters is 1. The molecule has 0 aromatic heterocycles. The monoisotopic (exact) mass is 491 g/mol. The van der Waals surface area contributed by atoms with Gasteiger partial charge in [0.05, 0.1) is 34.5 Å². The zero-order valence-corrected chi connectivity index (χ0v) is 20.2. The number of fused-ring (bicyclic) bond motifs is 1. The Hall–Kier alpha value is -3.68. The van der Waals surface area contributed by atoms with Gasteiger partial charge < -0.3 is 20.1 Å². The van der Waals surface area contributed by atoms with E-state index in [1.54, 1.807) is 24.8 Å². The maximum absolute atomic E-state index is 13.3. The van der Waals surface area contributed by atoms with Gasteiger partial charge in [0.15, 0.2) is 6.23 Å². The molecule has 35 heavy (non-hydrogen) atoms. The second-order valence-electron chi connectivity index (χ2n) is 8.14. The van der Waals surface area contributed by atoms with E-state index in [1.807, 2.05) is 54.6 Å². The molecular weight excluding hydrogens is 466 g/mol. The number of amidine groups is 1. The molecule has 7 nitrogen and oxygen atoms in total. The number of amides is 1. The number of hydrogen-bond donors (Lipinski definition) is 2. The topological polar surface area (TPSA) is 91.2 Å². The number of hydrogen-bond acceptors (Lipinski definition) is 6. The van der Waals surface area contributed by atoms with E-state index in [2.05, 4.69) is 5.32 Å². The van der Waals surface area contributed by atoms with E-state index in [0.717, 1.165) is 5.56 Å². The Balaban J connectivity index is 1.63. The summed E-state index contributed by atoms with van der Waals surface area (Å²) in [6.45, 7) is 4.04. The third kappa shape index (κ3) is 5.37. The van der Waals surface area contributed by atoms with Crippen LogP contribution in [-0.4, -0.2) is 34.3 Å². The number of anilines is 1. The number of benzene rings is 3. The molecular formula is C27H26ClN3O4. The number of aliphatic hydroxyl groups is 1. The molecule has 1 amide bonds. The number of aliphatic imine (C=N–C) groups is 1. The highest BCUT2D eigenvalue weighted by atomic mass is 35.5. The van der Waals surface area contributed by atoms with Crippen LogP contribution in [0, 0.1) is 5.92 Å². The molecule has 180 valence electrons. The second-order valence-corrected chi connectivity index (χ2v) is 8.55. The van der Waals surface area contributed by atoms with E-state index in [1.165, 1.54) is 12.1 Å². The molecule has 3 aromatic carbocycles. The van der Waals surface area contributed by atoms with Crippen molar-refractivity contribution in [1.29, 1.82) is 0 Å². The van der Waals surface area contributed by atoms with Gasteiger partial charge >= 0.3 is 5.97 Å². The second kappa shape index (κ2) is 10.7. The standard InChI is InChI=1S/C27H26ClN3O4/c1-3-35-27(34)19-13-14-21(28)23(15-19)30-25(32)17(2)24-29-22-12-8-7-11-20(22)26(33)31(24)16-18-9-5-4-6-10-18/h4-15,17,26,33H,3,16H2,1-2H3,(H,30,32). The van der Waals surface area contributed by atoms with Gasteiger partial charge in [-0.3, -0.25) is 4.79 Å². The lowest BCUT2D eigenvalue weighted by molar-refractivity contribution is -0.118. The van der Waals surface area contributed by atoms with E-state index in [0.29, 0.717) is 29.3 Å². The van der Waals surface area contributed by atoms with Crippen molar-refractivity contribution >= 4 is 40.7 Å². The lowest BCUT2D eigenvalue weighted by Crippen LogP contribution is -2.43. The fourth-order valence-corrected chi connectivity index (χ4v) is 4.07. The van der Waals surface area contributed by atoms with Gasteiger partial charge in [-0.15, -0.1) is 0 Å². The van der Waals surface area contributed by atoms with Crippen molar-refractivity contribution in [2.24, 2.45) is 10.9 Å². The van der Waals surface area contributed by atoms with E-state index in [9.17, 15) is 14.7 Å². The molecule has 1 aliphatic rings. The normalized spacial score (nSPS) is 15.6. The lowest BCUT2D eigenvalue weighted by Gasteiger charge is -2.37. The van der Waals surface area contributed by atoms with E-state index in [4.69, 9.17) is 21.3 Å². The third-order valence-corrected chi connectivity index (χ3v) is 6.08. The van der Waals surface area contributed by atoms with E-state index < -0.39 is 18.1 Å². The Labute approximate surface area is 209 Å². The first-order valence-corrected chi connectivity index (χ1v) is 11.7. The van der Waals surface area contributed by atoms with Gasteiger partial charge in [-0.05, 0) is 43.7 Å². The van der Waals surface area contributed by atoms with Crippen LogP contribution in [0.2, 0.25) is 5.02 Å². The lowest BCUT2D eigenvalue weighted by atomic mass is 10.0. The quantitative estimate of drug-likeness (QED) is 0.436. The zero-order chi connectivity index (χ0) is 24.9. The van der Waals surface area contributed by atoms with Crippen LogP contribution in [0.25, 0.3) is 0 Å². The Morgan fingerprint density at radius 2 is 1.83 bits per heavy atom. The molecule has 4 rings (SSSR count). The number of rotatable bonds is 7. The van der Waals surface area contributed by atoms with Crippen molar-refractivity contribution in [1.82, 2.24) is 4.90 Å². The fraction of sp³-hybridized carbons (Fsp3) is 0.222. The van der Waals surface area contributed by atoms with Gasteiger partial charge in [0.1, 0.15) is 5.84 Å². The summed E-state index contributed by atoms with van der Waals surface area (Å²) in [6, 6.07) is 21.6. The summed E-state index contributed by atoms with van der Waals surface area (Å²) in [5.41, 5.74) is 2.83. The van der Waals surface area contributed by atoms with Crippen LogP contribution in [-0.2, 0) is 16.1 Å². The predicted octanol–water partition coefficient (Wildman–Crippen LogP) is 5.33. The van der Waals surface area contributed by atoms with Crippen molar-refractivity contribution < 1.29 is 19.4 Å². The highest BCUT2D eigenvalue weighted by Crippen LogP contribution is 2.36. The summed E-state index contributed by atoms with van der Waals surface area (Å²) < 4.78 is 5.04. The summed E-state index contributed by atoms with van der Waals surface area (Å²) >= 11 is 6.29. The first-order chi connectivity index (χ1) is 16.9. The van der Waals surface area contributed by atoms with Gasteiger partial charge in [0, 0.05) is 12.1 Å². The van der Waals surface area contributed by atoms with Gasteiger partial charge in [0.25, 0.3) is 0 Å². The molecule has 2 unspecified atom stereocenters. The highest BCUT2D eigenvalue weighted by molar-refractivity contribution is 6.34. The van der Waals surface area contributed by atoms with Crippen LogP contribution >= 0.6 is 11.6 Å². The number of ether oxygens (including phenoxy) is 1. The minimum Gasteiger partial charge on any atom is -0.462 e. The highest BCUT2D eigenvalue weighted by Gasteiger charge is 2.34. The van der Waals surface area contributed by atoms with E-state index in [-0.39, 0.29) is 23.1 Å². The number of halogens is 1. The molecule has 2 N–H and O–H groups in total. The summed E-state index contributed by atoms with van der Waals surface area (Å²) in [5, 5.41) is 14.3. The first-order valence-electron chi connectivity index (χ1n) is 11.3. The predicted molar refractivity (Wildman–Crippen MR) is 136 cm³/mol. The number of para-hydroxylation sites is 1. The summed E-state index contributed by atoms with van der Waals surface area (Å²) in [6.07, 6.45) is -0.968. The fourth-order valence-electron chi connectivity index (χ4n) is 3.90. The van der Waals surface area contributed by atoms with Crippen molar-refractivity contribution in [3.63, 3.8) is 0 Å². The molecule has 0 fully saturated rings. The molecule has 1 heterocycles. The molecule has 0 bridgehead atoms. The Bertz CT molecular complexity index is 1260. The van der Waals surface area contributed by atoms with Crippen LogP contribution in [0.1, 0.15) is 41.6 Å². The number of carbonyl (C=O) groups is 2. The molecule has 0 saturated carbocycles. The molecule has 2 atom stereocenters. The molecule has 8 heteroatoms. The van der Waals surface area contributed by atoms with Crippen molar-refractivity contribution in [2.75, 3.05) is 11.9 Å². The average Bonchev–Trinajstić information content (AvgIpc) is 2.87. The largest absolute Gasteiger partial charge is 0.462 e. The van der Waals surface area contributed by atoms with Gasteiger partial charge in [-0.2, -0.15) is 0 Å². The maximum atomic E-state index is 13.3. The Kier molecular flexibility index (Phi) is 7.48. The molecule has 0 aliphatic carbocycles. The maximum Gasteiger partial charge on any atom is 0.338 e.